The van der Waals surface area contributed by atoms with Crippen LogP contribution >= 0.6 is 11.8 Å². The molecule has 1 heterocycles. The van der Waals surface area contributed by atoms with E-state index in [0.717, 1.165) is 29.2 Å². The Bertz CT molecular complexity index is 1250. The van der Waals surface area contributed by atoms with Gasteiger partial charge in [-0.3, -0.25) is 19.7 Å². The summed E-state index contributed by atoms with van der Waals surface area (Å²) >= 11 is 1.30. The lowest BCUT2D eigenvalue weighted by atomic mass is 9.83. The molecule has 2 aromatic carbocycles. The molecule has 3 atom stereocenters. The number of nitrogens with one attached hydrogen (secondary N) is 2. The van der Waals surface area contributed by atoms with Crippen LogP contribution in [0.5, 0.6) is 0 Å². The lowest BCUT2D eigenvalue weighted by Crippen LogP contribution is -2.50. The maximum Gasteiger partial charge on any atom is 0.276 e. The van der Waals surface area contributed by atoms with E-state index in [4.69, 9.17) is 4.42 Å². The van der Waals surface area contributed by atoms with E-state index in [9.17, 15) is 14.4 Å². The molecular formula is C28H34N4O4S. The molecule has 0 aliphatic heterocycles. The number of amides is 3. The summed E-state index contributed by atoms with van der Waals surface area (Å²) in [7, 11) is 0. The number of benzene rings is 2. The Morgan fingerprint density at radius 1 is 1.05 bits per heavy atom. The predicted molar refractivity (Wildman–Crippen MR) is 143 cm³/mol. The molecule has 8 nitrogen and oxygen atoms in total. The molecule has 1 aromatic heterocycles. The SMILES string of the molecule is CSc1nnc([C@H](CC(C)C)C(=O)NC(=O)[C@@H]2CCCC[C@@H]2NC(=O)Cc2cccc3ccccc23)o1. The van der Waals surface area contributed by atoms with E-state index in [1.54, 1.807) is 0 Å². The minimum absolute atomic E-state index is 0.125. The van der Waals surface area contributed by atoms with Gasteiger partial charge in [0.1, 0.15) is 5.92 Å². The van der Waals surface area contributed by atoms with Gasteiger partial charge in [0.25, 0.3) is 5.22 Å². The lowest BCUT2D eigenvalue weighted by molar-refractivity contribution is -0.135. The maximum atomic E-state index is 13.3. The van der Waals surface area contributed by atoms with E-state index in [1.807, 2.05) is 62.6 Å². The van der Waals surface area contributed by atoms with Crippen LogP contribution in [0.25, 0.3) is 10.8 Å². The molecule has 0 spiro atoms. The number of thioether (sulfide) groups is 1. The van der Waals surface area contributed by atoms with Crippen molar-refractivity contribution in [2.24, 2.45) is 11.8 Å². The first-order valence-electron chi connectivity index (χ1n) is 12.8. The Hall–Kier alpha value is -3.20. The molecule has 0 radical (unpaired) electrons. The number of fused-ring (bicyclic) bond motifs is 1. The average molecular weight is 523 g/mol. The third kappa shape index (κ3) is 6.77. The van der Waals surface area contributed by atoms with Crippen molar-refractivity contribution in [2.75, 3.05) is 6.26 Å². The minimum atomic E-state index is -0.708. The van der Waals surface area contributed by atoms with Crippen LogP contribution in [0.15, 0.2) is 52.1 Å². The van der Waals surface area contributed by atoms with Crippen molar-refractivity contribution in [1.82, 2.24) is 20.8 Å². The van der Waals surface area contributed by atoms with Crippen molar-refractivity contribution in [3.05, 3.63) is 53.9 Å². The summed E-state index contributed by atoms with van der Waals surface area (Å²) in [5.74, 6) is -1.71. The second-order valence-electron chi connectivity index (χ2n) is 10.0. The van der Waals surface area contributed by atoms with E-state index < -0.39 is 17.7 Å². The van der Waals surface area contributed by atoms with Gasteiger partial charge < -0.3 is 9.73 Å². The van der Waals surface area contributed by atoms with E-state index in [1.165, 1.54) is 11.8 Å². The summed E-state index contributed by atoms with van der Waals surface area (Å²) in [5, 5.41) is 16.2. The van der Waals surface area contributed by atoms with Gasteiger partial charge in [-0.1, -0.05) is 80.9 Å². The van der Waals surface area contributed by atoms with Crippen molar-refractivity contribution in [3.8, 4) is 0 Å². The zero-order chi connectivity index (χ0) is 26.4. The number of imide groups is 1. The van der Waals surface area contributed by atoms with Crippen LogP contribution in [-0.4, -0.2) is 40.2 Å². The molecule has 0 bridgehead atoms. The molecule has 2 N–H and O–H groups in total. The standard InChI is InChI=1S/C28H34N4O4S/c1-17(2)15-22(27-31-32-28(36-27)37-3)26(35)30-25(34)21-13-6-7-14-23(21)29-24(33)16-19-11-8-10-18-9-4-5-12-20(18)19/h4-5,8-12,17,21-23H,6-7,13-16H2,1-3H3,(H,29,33)(H,30,34,35)/t21-,22-,23+/m1/s1. The van der Waals surface area contributed by atoms with Crippen molar-refractivity contribution in [3.63, 3.8) is 0 Å². The summed E-state index contributed by atoms with van der Waals surface area (Å²) in [6, 6.07) is 13.6. The topological polar surface area (TPSA) is 114 Å². The Balaban J connectivity index is 1.42. The van der Waals surface area contributed by atoms with Crippen LogP contribution < -0.4 is 10.6 Å². The quantitative estimate of drug-likeness (QED) is 0.394. The highest BCUT2D eigenvalue weighted by molar-refractivity contribution is 7.98. The number of nitrogens with zero attached hydrogens (tertiary/aromatic N) is 2. The van der Waals surface area contributed by atoms with Crippen LogP contribution in [0.4, 0.5) is 0 Å². The van der Waals surface area contributed by atoms with Gasteiger partial charge >= 0.3 is 0 Å². The van der Waals surface area contributed by atoms with E-state index in [2.05, 4.69) is 20.8 Å². The number of hydrogen-bond acceptors (Lipinski definition) is 7. The highest BCUT2D eigenvalue weighted by Crippen LogP contribution is 2.28. The second-order valence-corrected chi connectivity index (χ2v) is 10.8. The van der Waals surface area contributed by atoms with Gasteiger partial charge in [-0.2, -0.15) is 0 Å². The van der Waals surface area contributed by atoms with E-state index in [-0.39, 0.29) is 36.1 Å². The third-order valence-corrected chi connectivity index (χ3v) is 7.36. The molecule has 196 valence electrons. The number of carbonyl (C=O) groups is 3. The summed E-state index contributed by atoms with van der Waals surface area (Å²) in [6.45, 7) is 3.99. The van der Waals surface area contributed by atoms with Gasteiger partial charge in [-0.05, 0) is 47.8 Å². The number of aromatic nitrogens is 2. The largest absolute Gasteiger partial charge is 0.415 e. The van der Waals surface area contributed by atoms with Crippen molar-refractivity contribution in [2.45, 2.75) is 69.6 Å². The van der Waals surface area contributed by atoms with Gasteiger partial charge in [0, 0.05) is 6.04 Å². The first-order valence-corrected chi connectivity index (χ1v) is 14.1. The Morgan fingerprint density at radius 3 is 2.57 bits per heavy atom. The third-order valence-electron chi connectivity index (χ3n) is 6.84. The van der Waals surface area contributed by atoms with Gasteiger partial charge in [0.05, 0.1) is 12.3 Å². The fourth-order valence-corrected chi connectivity index (χ4v) is 5.32. The lowest BCUT2D eigenvalue weighted by Gasteiger charge is -2.31. The van der Waals surface area contributed by atoms with E-state index >= 15 is 0 Å². The average Bonchev–Trinajstić information content (AvgIpc) is 3.36. The molecule has 9 heteroatoms. The second kappa shape index (κ2) is 12.4. The Kier molecular flexibility index (Phi) is 8.97. The van der Waals surface area contributed by atoms with Gasteiger partial charge in [-0.25, -0.2) is 0 Å². The Morgan fingerprint density at radius 2 is 1.81 bits per heavy atom. The monoisotopic (exact) mass is 522 g/mol. The van der Waals surface area contributed by atoms with Crippen LogP contribution in [0, 0.1) is 11.8 Å². The molecule has 1 saturated carbocycles. The predicted octanol–water partition coefficient (Wildman–Crippen LogP) is 4.63. The number of carbonyl (C=O) groups excluding carboxylic acids is 3. The summed E-state index contributed by atoms with van der Waals surface area (Å²) in [4.78, 5) is 39.5. The highest BCUT2D eigenvalue weighted by Gasteiger charge is 2.35. The van der Waals surface area contributed by atoms with Gasteiger partial charge in [-0.15, -0.1) is 10.2 Å². The normalized spacial score (nSPS) is 18.5. The Labute approximate surface area is 221 Å². The molecule has 1 aliphatic carbocycles. The van der Waals surface area contributed by atoms with Crippen LogP contribution in [0.3, 0.4) is 0 Å². The first kappa shape index (κ1) is 26.9. The molecule has 3 amide bonds. The van der Waals surface area contributed by atoms with Crippen molar-refractivity contribution >= 4 is 40.3 Å². The first-order chi connectivity index (χ1) is 17.9. The highest BCUT2D eigenvalue weighted by atomic mass is 32.2. The fourth-order valence-electron chi connectivity index (χ4n) is 5.03. The summed E-state index contributed by atoms with van der Waals surface area (Å²) in [5.41, 5.74) is 0.947. The van der Waals surface area contributed by atoms with Crippen LogP contribution in [-0.2, 0) is 20.8 Å². The molecule has 37 heavy (non-hydrogen) atoms. The summed E-state index contributed by atoms with van der Waals surface area (Å²) in [6.07, 6.45) is 5.64. The molecular weight excluding hydrogens is 488 g/mol. The van der Waals surface area contributed by atoms with E-state index in [0.29, 0.717) is 24.5 Å². The minimum Gasteiger partial charge on any atom is -0.415 e. The number of hydrogen-bond donors (Lipinski definition) is 2. The van der Waals surface area contributed by atoms with Crippen molar-refractivity contribution in [1.29, 1.82) is 0 Å². The summed E-state index contributed by atoms with van der Waals surface area (Å²) < 4.78 is 5.62. The van der Waals surface area contributed by atoms with Crippen LogP contribution in [0.2, 0.25) is 0 Å². The maximum absolute atomic E-state index is 13.3. The molecule has 1 aliphatic rings. The van der Waals surface area contributed by atoms with Crippen molar-refractivity contribution < 1.29 is 18.8 Å². The molecule has 4 rings (SSSR count). The van der Waals surface area contributed by atoms with Crippen LogP contribution in [0.1, 0.15) is 63.3 Å². The molecule has 0 unspecified atom stereocenters. The van der Waals surface area contributed by atoms with Gasteiger partial charge in [0.15, 0.2) is 0 Å². The molecule has 1 fully saturated rings. The molecule has 3 aromatic rings. The smallest absolute Gasteiger partial charge is 0.276 e. The zero-order valence-corrected chi connectivity index (χ0v) is 22.3. The number of rotatable bonds is 9. The zero-order valence-electron chi connectivity index (χ0n) is 21.5. The molecule has 0 saturated heterocycles. The fraction of sp³-hybridized carbons (Fsp3) is 0.464. The van der Waals surface area contributed by atoms with Gasteiger partial charge in [0.2, 0.25) is 23.6 Å².